The van der Waals surface area contributed by atoms with E-state index in [1.807, 2.05) is 7.05 Å². The van der Waals surface area contributed by atoms with Crippen molar-refractivity contribution in [1.29, 1.82) is 0 Å². The Kier molecular flexibility index (Phi) is 2.65. The van der Waals surface area contributed by atoms with Gasteiger partial charge in [0.05, 0.1) is 13.2 Å². The summed E-state index contributed by atoms with van der Waals surface area (Å²) in [5.41, 5.74) is 0. The van der Waals surface area contributed by atoms with E-state index in [9.17, 15) is 0 Å². The molecule has 60 valence electrons. The second kappa shape index (κ2) is 3.32. The van der Waals surface area contributed by atoms with Crippen LogP contribution in [0.15, 0.2) is 0 Å². The van der Waals surface area contributed by atoms with E-state index in [0.717, 1.165) is 13.2 Å². The molecule has 1 rings (SSSR count). The lowest BCUT2D eigenvalue weighted by Crippen LogP contribution is -2.44. The van der Waals surface area contributed by atoms with Crippen molar-refractivity contribution >= 4 is 0 Å². The highest BCUT2D eigenvalue weighted by molar-refractivity contribution is 4.85. The van der Waals surface area contributed by atoms with Crippen LogP contribution >= 0.6 is 0 Å². The zero-order valence-electron chi connectivity index (χ0n) is 6.92. The summed E-state index contributed by atoms with van der Waals surface area (Å²) in [5.74, 6) is 0. The number of likely N-dealkylation sites (N-methyl/N-ethyl adjacent to an activating group) is 2. The van der Waals surface area contributed by atoms with Gasteiger partial charge < -0.3 is 15.0 Å². The molecule has 1 heterocycles. The largest absolute Gasteiger partial charge is 0.378 e. The van der Waals surface area contributed by atoms with Crippen LogP contribution in [0.3, 0.4) is 0 Å². The summed E-state index contributed by atoms with van der Waals surface area (Å²) in [4.78, 5) is 2.20. The van der Waals surface area contributed by atoms with Gasteiger partial charge in [-0.25, -0.2) is 0 Å². The third kappa shape index (κ3) is 1.48. The number of ether oxygens (including phenoxy) is 1. The Bertz CT molecular complexity index is 106. The lowest BCUT2D eigenvalue weighted by molar-refractivity contribution is 0.170. The maximum atomic E-state index is 5.32. The van der Waals surface area contributed by atoms with Gasteiger partial charge in [0.2, 0.25) is 0 Å². The molecule has 0 aromatic carbocycles. The second-order valence-corrected chi connectivity index (χ2v) is 2.96. The first-order chi connectivity index (χ1) is 4.75. The molecule has 1 N–H and O–H groups in total. The van der Waals surface area contributed by atoms with E-state index in [1.165, 1.54) is 0 Å². The number of rotatable bonds is 2. The molecule has 0 spiro atoms. The quantitative estimate of drug-likeness (QED) is 0.567. The first-order valence-corrected chi connectivity index (χ1v) is 3.67. The summed E-state index contributed by atoms with van der Waals surface area (Å²) in [6, 6.07) is 1.06. The van der Waals surface area contributed by atoms with E-state index in [-0.39, 0.29) is 0 Å². The predicted molar refractivity (Wildman–Crippen MR) is 41.1 cm³/mol. The zero-order chi connectivity index (χ0) is 7.56. The van der Waals surface area contributed by atoms with Gasteiger partial charge in [0.15, 0.2) is 0 Å². The van der Waals surface area contributed by atoms with Crippen molar-refractivity contribution in [1.82, 2.24) is 10.2 Å². The summed E-state index contributed by atoms with van der Waals surface area (Å²) in [5, 5.41) is 3.23. The van der Waals surface area contributed by atoms with Crippen molar-refractivity contribution in [3.63, 3.8) is 0 Å². The topological polar surface area (TPSA) is 24.5 Å². The van der Waals surface area contributed by atoms with Gasteiger partial charge in [-0.3, -0.25) is 0 Å². The van der Waals surface area contributed by atoms with E-state index < -0.39 is 0 Å². The van der Waals surface area contributed by atoms with Crippen LogP contribution in [-0.4, -0.2) is 51.3 Å². The van der Waals surface area contributed by atoms with Gasteiger partial charge in [-0.05, 0) is 21.1 Å². The Labute approximate surface area is 62.3 Å². The molecule has 0 amide bonds. The highest BCUT2D eigenvalue weighted by atomic mass is 16.5. The normalized spacial score (nSPS) is 33.6. The molecule has 1 saturated heterocycles. The number of hydrogen-bond acceptors (Lipinski definition) is 3. The highest BCUT2D eigenvalue weighted by Gasteiger charge is 2.27. The molecule has 0 aliphatic carbocycles. The average molecular weight is 144 g/mol. The summed E-state index contributed by atoms with van der Waals surface area (Å²) in [7, 11) is 6.16. The van der Waals surface area contributed by atoms with E-state index in [1.54, 1.807) is 0 Å². The van der Waals surface area contributed by atoms with Crippen LogP contribution in [0.2, 0.25) is 0 Å². The van der Waals surface area contributed by atoms with Crippen LogP contribution in [0, 0.1) is 0 Å². The van der Waals surface area contributed by atoms with Crippen molar-refractivity contribution in [2.45, 2.75) is 12.1 Å². The third-order valence-electron chi connectivity index (χ3n) is 2.08. The van der Waals surface area contributed by atoms with Gasteiger partial charge >= 0.3 is 0 Å². The van der Waals surface area contributed by atoms with Crippen molar-refractivity contribution < 1.29 is 4.74 Å². The first-order valence-electron chi connectivity index (χ1n) is 3.67. The maximum Gasteiger partial charge on any atom is 0.0638 e. The van der Waals surface area contributed by atoms with Gasteiger partial charge in [0.25, 0.3) is 0 Å². The number of hydrogen-bond donors (Lipinski definition) is 1. The van der Waals surface area contributed by atoms with Gasteiger partial charge in [-0.15, -0.1) is 0 Å². The monoisotopic (exact) mass is 144 g/mol. The number of nitrogens with zero attached hydrogens (tertiary/aromatic N) is 1. The molecule has 1 aliphatic heterocycles. The SMILES string of the molecule is CN[C@H]1COC[C@H]1N(C)C. The van der Waals surface area contributed by atoms with Crippen molar-refractivity contribution in [2.24, 2.45) is 0 Å². The molecular formula is C7H16N2O. The molecule has 1 aliphatic rings. The molecule has 3 heteroatoms. The van der Waals surface area contributed by atoms with Crippen molar-refractivity contribution in [3.05, 3.63) is 0 Å². The summed E-state index contributed by atoms with van der Waals surface area (Å²) >= 11 is 0. The van der Waals surface area contributed by atoms with Crippen LogP contribution in [0.25, 0.3) is 0 Å². The smallest absolute Gasteiger partial charge is 0.0638 e. The molecule has 0 radical (unpaired) electrons. The minimum atomic E-state index is 0.509. The Morgan fingerprint density at radius 3 is 2.50 bits per heavy atom. The van der Waals surface area contributed by atoms with Gasteiger partial charge in [0.1, 0.15) is 0 Å². The molecule has 1 fully saturated rings. The molecule has 2 atom stereocenters. The molecule has 0 saturated carbocycles. The lowest BCUT2D eigenvalue weighted by Gasteiger charge is -2.23. The minimum Gasteiger partial charge on any atom is -0.378 e. The third-order valence-corrected chi connectivity index (χ3v) is 2.08. The fraction of sp³-hybridized carbons (Fsp3) is 1.00. The predicted octanol–water partition coefficient (Wildman–Crippen LogP) is -0.465. The second-order valence-electron chi connectivity index (χ2n) is 2.96. The molecule has 0 aromatic rings. The Morgan fingerprint density at radius 1 is 1.40 bits per heavy atom. The standard InChI is InChI=1S/C7H16N2O/c1-8-6-4-10-5-7(6)9(2)3/h6-8H,4-5H2,1-3H3/t6-,7+/m0/s1. The fourth-order valence-corrected chi connectivity index (χ4v) is 1.33. The van der Waals surface area contributed by atoms with Crippen LogP contribution in [0.4, 0.5) is 0 Å². The molecule has 0 bridgehead atoms. The molecular weight excluding hydrogens is 128 g/mol. The van der Waals surface area contributed by atoms with Gasteiger partial charge in [-0.1, -0.05) is 0 Å². The lowest BCUT2D eigenvalue weighted by atomic mass is 10.1. The van der Waals surface area contributed by atoms with E-state index in [4.69, 9.17) is 4.74 Å². The Morgan fingerprint density at radius 2 is 2.10 bits per heavy atom. The molecule has 0 aromatic heterocycles. The van der Waals surface area contributed by atoms with Crippen molar-refractivity contribution in [2.75, 3.05) is 34.4 Å². The van der Waals surface area contributed by atoms with Crippen molar-refractivity contribution in [3.8, 4) is 0 Å². The van der Waals surface area contributed by atoms with Crippen LogP contribution in [-0.2, 0) is 4.74 Å². The van der Waals surface area contributed by atoms with Gasteiger partial charge in [-0.2, -0.15) is 0 Å². The van der Waals surface area contributed by atoms with Crippen LogP contribution < -0.4 is 5.32 Å². The number of nitrogens with one attached hydrogen (secondary N) is 1. The molecule has 0 unspecified atom stereocenters. The zero-order valence-corrected chi connectivity index (χ0v) is 6.92. The molecule has 3 nitrogen and oxygen atoms in total. The maximum absolute atomic E-state index is 5.32. The summed E-state index contributed by atoms with van der Waals surface area (Å²) in [6.07, 6.45) is 0. The summed E-state index contributed by atoms with van der Waals surface area (Å²) in [6.45, 7) is 1.71. The van der Waals surface area contributed by atoms with Crippen LogP contribution in [0.5, 0.6) is 0 Å². The van der Waals surface area contributed by atoms with Crippen LogP contribution in [0.1, 0.15) is 0 Å². The van der Waals surface area contributed by atoms with E-state index in [0.29, 0.717) is 12.1 Å². The fourth-order valence-electron chi connectivity index (χ4n) is 1.33. The average Bonchev–Trinajstić information content (AvgIpc) is 2.33. The Balaban J connectivity index is 2.42. The van der Waals surface area contributed by atoms with Gasteiger partial charge in [0, 0.05) is 12.1 Å². The minimum absolute atomic E-state index is 0.509. The highest BCUT2D eigenvalue weighted by Crippen LogP contribution is 2.09. The molecule has 10 heavy (non-hydrogen) atoms. The summed E-state index contributed by atoms with van der Waals surface area (Å²) < 4.78 is 5.32. The Hall–Kier alpha value is -0.120. The van der Waals surface area contributed by atoms with E-state index >= 15 is 0 Å². The first kappa shape index (κ1) is 7.98. The van der Waals surface area contributed by atoms with E-state index in [2.05, 4.69) is 24.3 Å².